The minimum Gasteiger partial charge on any atom is -0.381 e. The van der Waals surface area contributed by atoms with Crippen molar-refractivity contribution in [2.75, 3.05) is 5.73 Å². The van der Waals surface area contributed by atoms with E-state index < -0.39 is 0 Å². The maximum Gasteiger partial charge on any atom is 0.165 e. The van der Waals surface area contributed by atoms with E-state index in [1.54, 1.807) is 10.9 Å². The minimum atomic E-state index is 0.446. The van der Waals surface area contributed by atoms with Crippen LogP contribution in [0.4, 0.5) is 5.82 Å². The first-order chi connectivity index (χ1) is 6.74. The minimum absolute atomic E-state index is 0.446. The Kier molecular flexibility index (Phi) is 2.18. The summed E-state index contributed by atoms with van der Waals surface area (Å²) in [6, 6.07) is 0. The van der Waals surface area contributed by atoms with Crippen molar-refractivity contribution in [3.05, 3.63) is 24.2 Å². The summed E-state index contributed by atoms with van der Waals surface area (Å²) in [4.78, 5) is 0. The van der Waals surface area contributed by atoms with Gasteiger partial charge < -0.3 is 5.73 Å². The van der Waals surface area contributed by atoms with Crippen molar-refractivity contribution in [3.8, 4) is 0 Å². The van der Waals surface area contributed by atoms with Gasteiger partial charge in [-0.05, 0) is 12.5 Å². The Morgan fingerprint density at radius 2 is 2.07 bits per heavy atom. The molecule has 2 N–H and O–H groups in total. The van der Waals surface area contributed by atoms with Crippen molar-refractivity contribution in [2.45, 2.75) is 20.0 Å². The Morgan fingerprint density at radius 3 is 2.64 bits per heavy atom. The third-order valence-electron chi connectivity index (χ3n) is 1.88. The summed E-state index contributed by atoms with van der Waals surface area (Å²) in [5.74, 6) is 0.446. The monoisotopic (exact) mass is 192 g/mol. The molecule has 0 aromatic carbocycles. The van der Waals surface area contributed by atoms with Gasteiger partial charge >= 0.3 is 0 Å². The molecule has 14 heavy (non-hydrogen) atoms. The lowest BCUT2D eigenvalue weighted by Crippen LogP contribution is -2.08. The highest BCUT2D eigenvalue weighted by Crippen LogP contribution is 1.96. The molecule has 2 rings (SSSR count). The maximum absolute atomic E-state index is 5.43. The molecule has 0 radical (unpaired) electrons. The van der Waals surface area contributed by atoms with E-state index in [-0.39, 0.29) is 0 Å². The predicted octanol–water partition coefficient (Wildman–Crippen LogP) is 0.0654. The van der Waals surface area contributed by atoms with Gasteiger partial charge in [0.05, 0.1) is 25.5 Å². The van der Waals surface area contributed by atoms with Gasteiger partial charge in [0.2, 0.25) is 0 Å². The van der Waals surface area contributed by atoms with Gasteiger partial charge in [0.25, 0.3) is 0 Å². The van der Waals surface area contributed by atoms with Gasteiger partial charge in [-0.25, -0.2) is 4.68 Å². The second kappa shape index (κ2) is 3.49. The fraction of sp³-hybridized carbons (Fsp3) is 0.375. The molecule has 74 valence electrons. The molecule has 0 aliphatic heterocycles. The molecular formula is C8H12N6. The van der Waals surface area contributed by atoms with Gasteiger partial charge in [0.15, 0.2) is 5.82 Å². The van der Waals surface area contributed by atoms with Crippen LogP contribution in [-0.2, 0) is 13.1 Å². The first-order valence-electron chi connectivity index (χ1n) is 4.39. The van der Waals surface area contributed by atoms with E-state index in [1.807, 2.05) is 24.0 Å². The molecule has 0 aliphatic rings. The fourth-order valence-electron chi connectivity index (χ4n) is 1.22. The number of aromatic nitrogens is 5. The third kappa shape index (κ3) is 1.90. The van der Waals surface area contributed by atoms with E-state index in [2.05, 4.69) is 15.4 Å². The Bertz CT molecular complexity index is 375. The number of rotatable bonds is 3. The van der Waals surface area contributed by atoms with E-state index in [9.17, 15) is 0 Å². The van der Waals surface area contributed by atoms with Crippen molar-refractivity contribution in [1.82, 2.24) is 24.8 Å². The molecular weight excluding hydrogens is 180 g/mol. The number of nitrogens with two attached hydrogens (primary N) is 1. The van der Waals surface area contributed by atoms with E-state index >= 15 is 0 Å². The summed E-state index contributed by atoms with van der Waals surface area (Å²) >= 11 is 0. The quantitative estimate of drug-likeness (QED) is 0.746. The molecule has 0 bridgehead atoms. The zero-order valence-corrected chi connectivity index (χ0v) is 7.96. The van der Waals surface area contributed by atoms with Gasteiger partial charge in [0.1, 0.15) is 0 Å². The van der Waals surface area contributed by atoms with Gasteiger partial charge in [-0.3, -0.25) is 4.68 Å². The Morgan fingerprint density at radius 1 is 1.29 bits per heavy atom. The highest BCUT2D eigenvalue weighted by atomic mass is 15.4. The van der Waals surface area contributed by atoms with Crippen LogP contribution in [0.15, 0.2) is 18.6 Å². The van der Waals surface area contributed by atoms with Gasteiger partial charge in [-0.2, -0.15) is 5.10 Å². The molecule has 0 fully saturated rings. The van der Waals surface area contributed by atoms with E-state index in [0.717, 1.165) is 18.7 Å². The molecule has 2 aromatic heterocycles. The molecule has 0 aliphatic carbocycles. The molecule has 0 spiro atoms. The average molecular weight is 192 g/mol. The number of nitrogen functional groups attached to an aromatic ring is 1. The van der Waals surface area contributed by atoms with Crippen molar-refractivity contribution >= 4 is 5.82 Å². The van der Waals surface area contributed by atoms with Gasteiger partial charge in [0, 0.05) is 6.20 Å². The standard InChI is InChI=1S/C8H12N6/c1-7-4-10-13(5-7)2-3-14-6-8(9)11-12-14/h4-6H,2-3,9H2,1H3. The third-order valence-corrected chi connectivity index (χ3v) is 1.88. The number of hydrogen-bond donors (Lipinski definition) is 1. The summed E-state index contributed by atoms with van der Waals surface area (Å²) < 4.78 is 3.57. The zero-order chi connectivity index (χ0) is 9.97. The van der Waals surface area contributed by atoms with Crippen LogP contribution in [-0.4, -0.2) is 24.8 Å². The Labute approximate surface area is 81.3 Å². The van der Waals surface area contributed by atoms with Crippen LogP contribution in [0.5, 0.6) is 0 Å². The molecule has 0 saturated carbocycles. The number of nitrogens with zero attached hydrogens (tertiary/aromatic N) is 5. The van der Waals surface area contributed by atoms with Gasteiger partial charge in [-0.15, -0.1) is 5.10 Å². The fourth-order valence-corrected chi connectivity index (χ4v) is 1.22. The van der Waals surface area contributed by atoms with Crippen LogP contribution in [0.2, 0.25) is 0 Å². The van der Waals surface area contributed by atoms with Gasteiger partial charge in [-0.1, -0.05) is 5.21 Å². The van der Waals surface area contributed by atoms with Crippen molar-refractivity contribution in [1.29, 1.82) is 0 Å². The summed E-state index contributed by atoms with van der Waals surface area (Å²) in [5.41, 5.74) is 6.59. The first kappa shape index (κ1) is 8.74. The smallest absolute Gasteiger partial charge is 0.165 e. The maximum atomic E-state index is 5.43. The highest BCUT2D eigenvalue weighted by molar-refractivity contribution is 5.19. The second-order valence-corrected chi connectivity index (χ2v) is 3.19. The topological polar surface area (TPSA) is 74.5 Å². The van der Waals surface area contributed by atoms with Crippen LogP contribution in [0.3, 0.4) is 0 Å². The predicted molar refractivity (Wildman–Crippen MR) is 51.4 cm³/mol. The van der Waals surface area contributed by atoms with Crippen LogP contribution in [0, 0.1) is 6.92 Å². The van der Waals surface area contributed by atoms with E-state index in [0.29, 0.717) is 5.82 Å². The molecule has 2 aromatic rings. The number of anilines is 1. The van der Waals surface area contributed by atoms with Crippen molar-refractivity contribution < 1.29 is 0 Å². The second-order valence-electron chi connectivity index (χ2n) is 3.19. The molecule has 6 heteroatoms. The lowest BCUT2D eigenvalue weighted by atomic mass is 10.4. The lowest BCUT2D eigenvalue weighted by molar-refractivity contribution is 0.489. The molecule has 0 amide bonds. The van der Waals surface area contributed by atoms with Crippen LogP contribution in [0.25, 0.3) is 0 Å². The summed E-state index contributed by atoms with van der Waals surface area (Å²) in [5, 5.41) is 11.7. The normalized spacial score (nSPS) is 10.6. The molecule has 2 heterocycles. The Hall–Kier alpha value is -1.85. The van der Waals surface area contributed by atoms with Crippen molar-refractivity contribution in [2.24, 2.45) is 0 Å². The molecule has 0 saturated heterocycles. The number of hydrogen-bond acceptors (Lipinski definition) is 4. The molecule has 6 nitrogen and oxygen atoms in total. The van der Waals surface area contributed by atoms with Crippen LogP contribution >= 0.6 is 0 Å². The molecule has 0 unspecified atom stereocenters. The van der Waals surface area contributed by atoms with E-state index in [4.69, 9.17) is 5.73 Å². The summed E-state index contributed by atoms with van der Waals surface area (Å²) in [6.07, 6.45) is 5.52. The number of aryl methyl sites for hydroxylation is 3. The largest absolute Gasteiger partial charge is 0.381 e. The molecule has 0 atom stereocenters. The zero-order valence-electron chi connectivity index (χ0n) is 7.96. The Balaban J connectivity index is 1.94. The highest BCUT2D eigenvalue weighted by Gasteiger charge is 1.97. The van der Waals surface area contributed by atoms with Crippen LogP contribution < -0.4 is 5.73 Å². The average Bonchev–Trinajstić information content (AvgIpc) is 2.72. The first-order valence-corrected chi connectivity index (χ1v) is 4.39. The van der Waals surface area contributed by atoms with Crippen molar-refractivity contribution in [3.63, 3.8) is 0 Å². The van der Waals surface area contributed by atoms with E-state index in [1.165, 1.54) is 0 Å². The van der Waals surface area contributed by atoms with Crippen LogP contribution in [0.1, 0.15) is 5.56 Å². The lowest BCUT2D eigenvalue weighted by Gasteiger charge is -1.99. The SMILES string of the molecule is Cc1cnn(CCn2cc(N)nn2)c1. The summed E-state index contributed by atoms with van der Waals surface area (Å²) in [7, 11) is 0. The summed E-state index contributed by atoms with van der Waals surface area (Å²) in [6.45, 7) is 3.51.